The van der Waals surface area contributed by atoms with E-state index in [1.165, 1.54) is 26.2 Å². The minimum Gasteiger partial charge on any atom is -0.438 e. The second-order valence-electron chi connectivity index (χ2n) is 6.15. The number of furan rings is 1. The van der Waals surface area contributed by atoms with Gasteiger partial charge in [0, 0.05) is 38.8 Å². The molecule has 0 radical (unpaired) electrons. The first kappa shape index (κ1) is 18.9. The molecule has 1 aliphatic heterocycles. The van der Waals surface area contributed by atoms with Gasteiger partial charge in [-0.15, -0.1) is 0 Å². The molecule has 1 fully saturated rings. The molecule has 2 aromatic rings. The Morgan fingerprint density at radius 2 is 2.00 bits per heavy atom. The first-order chi connectivity index (χ1) is 12.3. The van der Waals surface area contributed by atoms with Gasteiger partial charge < -0.3 is 14.6 Å². The average Bonchev–Trinajstić information content (AvgIpc) is 3.12. The van der Waals surface area contributed by atoms with Crippen LogP contribution < -0.4 is 5.32 Å². The van der Waals surface area contributed by atoms with Gasteiger partial charge in [-0.2, -0.15) is 0 Å². The summed E-state index contributed by atoms with van der Waals surface area (Å²) in [5.74, 6) is -0.374. The summed E-state index contributed by atoms with van der Waals surface area (Å²) in [7, 11) is -0.919. The van der Waals surface area contributed by atoms with Crippen LogP contribution in [0.25, 0.3) is 0 Å². The zero-order chi connectivity index (χ0) is 18.9. The van der Waals surface area contributed by atoms with Crippen molar-refractivity contribution in [2.24, 2.45) is 0 Å². The molecule has 9 heteroatoms. The van der Waals surface area contributed by atoms with E-state index in [0.717, 1.165) is 9.87 Å². The molecule has 1 atom stereocenters. The number of piperazine rings is 1. The fraction of sp³-hybridized carbons (Fsp3) is 0.353. The van der Waals surface area contributed by atoms with Crippen molar-refractivity contribution in [3.05, 3.63) is 52.7 Å². The third-order valence-corrected chi connectivity index (χ3v) is 6.33. The summed E-state index contributed by atoms with van der Waals surface area (Å²) in [6, 6.07) is 9.79. The number of nitrogens with zero attached hydrogens (tertiary/aromatic N) is 2. The van der Waals surface area contributed by atoms with Gasteiger partial charge in [0.15, 0.2) is 5.76 Å². The highest BCUT2D eigenvalue weighted by Crippen LogP contribution is 2.30. The molecule has 1 unspecified atom stereocenters. The normalized spacial score (nSPS) is 18.3. The zero-order valence-corrected chi connectivity index (χ0v) is 16.0. The van der Waals surface area contributed by atoms with Crippen molar-refractivity contribution in [3.8, 4) is 0 Å². The maximum absolute atomic E-state index is 13.0. The number of hydrogen-bond acceptors (Lipinski definition) is 5. The summed E-state index contributed by atoms with van der Waals surface area (Å²) >= 11 is 6.30. The van der Waals surface area contributed by atoms with Crippen LogP contribution in [0.1, 0.15) is 22.2 Å². The molecule has 2 heterocycles. The van der Waals surface area contributed by atoms with Crippen molar-refractivity contribution in [2.75, 3.05) is 33.7 Å². The Balaban J connectivity index is 1.91. The van der Waals surface area contributed by atoms with E-state index in [9.17, 15) is 13.2 Å². The van der Waals surface area contributed by atoms with Crippen molar-refractivity contribution in [2.45, 2.75) is 11.1 Å². The molecular formula is C17H20ClN3O4S. The van der Waals surface area contributed by atoms with Gasteiger partial charge in [-0.25, -0.2) is 12.7 Å². The molecule has 26 heavy (non-hydrogen) atoms. The quantitative estimate of drug-likeness (QED) is 0.852. The van der Waals surface area contributed by atoms with Gasteiger partial charge in [-0.3, -0.25) is 4.79 Å². The minimum absolute atomic E-state index is 0.00983. The molecular weight excluding hydrogens is 378 g/mol. The van der Waals surface area contributed by atoms with E-state index in [1.54, 1.807) is 11.0 Å². The summed E-state index contributed by atoms with van der Waals surface area (Å²) in [6.45, 7) is 1.65. The van der Waals surface area contributed by atoms with E-state index in [4.69, 9.17) is 16.0 Å². The molecule has 0 spiro atoms. The first-order valence-electron chi connectivity index (χ1n) is 8.11. The Morgan fingerprint density at radius 3 is 2.69 bits per heavy atom. The van der Waals surface area contributed by atoms with E-state index in [-0.39, 0.29) is 22.8 Å². The minimum atomic E-state index is -3.73. The number of rotatable bonds is 4. The SMILES string of the molecule is CN(C)S(=O)(=O)c1ccc(C(=O)N2CCNCC2c2ccccc2Cl)o1. The zero-order valence-electron chi connectivity index (χ0n) is 14.5. The third-order valence-electron chi connectivity index (χ3n) is 4.30. The van der Waals surface area contributed by atoms with E-state index < -0.39 is 10.0 Å². The number of amides is 1. The number of hydrogen-bond donors (Lipinski definition) is 1. The van der Waals surface area contributed by atoms with Crippen molar-refractivity contribution in [3.63, 3.8) is 0 Å². The van der Waals surface area contributed by atoms with Crippen molar-refractivity contribution in [1.29, 1.82) is 0 Å². The summed E-state index contributed by atoms with van der Waals surface area (Å²) in [5.41, 5.74) is 0.836. The number of sulfonamides is 1. The lowest BCUT2D eigenvalue weighted by Crippen LogP contribution is -2.48. The Kier molecular flexibility index (Phi) is 5.38. The number of carbonyl (C=O) groups is 1. The Morgan fingerprint density at radius 1 is 1.27 bits per heavy atom. The number of nitrogens with one attached hydrogen (secondary N) is 1. The Bertz CT molecular complexity index is 910. The Labute approximate surface area is 157 Å². The second-order valence-corrected chi connectivity index (χ2v) is 8.64. The molecule has 1 aromatic carbocycles. The standard InChI is InChI=1S/C17H20ClN3O4S/c1-20(2)26(23,24)16-8-7-15(25-16)17(22)21-10-9-19-11-14(21)12-5-3-4-6-13(12)18/h3-8,14,19H,9-11H2,1-2H3. The predicted molar refractivity (Wildman–Crippen MR) is 97.7 cm³/mol. The molecule has 1 aromatic heterocycles. The van der Waals surface area contributed by atoms with Gasteiger partial charge >= 0.3 is 0 Å². The molecule has 0 bridgehead atoms. The van der Waals surface area contributed by atoms with Gasteiger partial charge in [0.2, 0.25) is 5.09 Å². The highest BCUT2D eigenvalue weighted by molar-refractivity contribution is 7.88. The van der Waals surface area contributed by atoms with Gasteiger partial charge in [0.25, 0.3) is 15.9 Å². The van der Waals surface area contributed by atoms with E-state index >= 15 is 0 Å². The summed E-state index contributed by atoms with van der Waals surface area (Å²) in [5, 5.41) is 3.58. The van der Waals surface area contributed by atoms with Gasteiger partial charge in [0.1, 0.15) is 0 Å². The maximum Gasteiger partial charge on any atom is 0.290 e. The number of benzene rings is 1. The van der Waals surface area contributed by atoms with Crippen LogP contribution >= 0.6 is 11.6 Å². The third kappa shape index (κ3) is 3.50. The molecule has 1 aliphatic rings. The average molecular weight is 398 g/mol. The summed E-state index contributed by atoms with van der Waals surface area (Å²) < 4.78 is 30.7. The largest absolute Gasteiger partial charge is 0.438 e. The first-order valence-corrected chi connectivity index (χ1v) is 9.92. The monoisotopic (exact) mass is 397 g/mol. The fourth-order valence-electron chi connectivity index (χ4n) is 2.87. The number of halogens is 1. The molecule has 0 saturated carbocycles. The van der Waals surface area contributed by atoms with E-state index in [1.807, 2.05) is 18.2 Å². The molecule has 1 saturated heterocycles. The molecule has 3 rings (SSSR count). The van der Waals surface area contributed by atoms with Crippen LogP contribution in [0.3, 0.4) is 0 Å². The summed E-state index contributed by atoms with van der Waals surface area (Å²) in [6.07, 6.45) is 0. The van der Waals surface area contributed by atoms with Crippen LogP contribution in [-0.2, 0) is 10.0 Å². The number of carbonyl (C=O) groups excluding carboxylic acids is 1. The molecule has 1 amide bonds. The highest BCUT2D eigenvalue weighted by atomic mass is 35.5. The van der Waals surface area contributed by atoms with E-state index in [2.05, 4.69) is 5.32 Å². The van der Waals surface area contributed by atoms with Crippen LogP contribution in [-0.4, -0.2) is 57.3 Å². The van der Waals surface area contributed by atoms with Crippen molar-refractivity contribution < 1.29 is 17.6 Å². The van der Waals surface area contributed by atoms with Crippen LogP contribution in [0.4, 0.5) is 0 Å². The maximum atomic E-state index is 13.0. The van der Waals surface area contributed by atoms with Gasteiger partial charge in [-0.1, -0.05) is 29.8 Å². The highest BCUT2D eigenvalue weighted by Gasteiger charge is 2.32. The topological polar surface area (TPSA) is 82.9 Å². The van der Waals surface area contributed by atoms with Crippen molar-refractivity contribution >= 4 is 27.5 Å². The van der Waals surface area contributed by atoms with Crippen LogP contribution in [0.15, 0.2) is 45.9 Å². The van der Waals surface area contributed by atoms with Gasteiger partial charge in [0.05, 0.1) is 6.04 Å². The summed E-state index contributed by atoms with van der Waals surface area (Å²) in [4.78, 5) is 14.6. The smallest absolute Gasteiger partial charge is 0.290 e. The Hall–Kier alpha value is -1.87. The van der Waals surface area contributed by atoms with Gasteiger partial charge in [-0.05, 0) is 23.8 Å². The lowest BCUT2D eigenvalue weighted by Gasteiger charge is -2.36. The molecule has 0 aliphatic carbocycles. The molecule has 1 N–H and O–H groups in total. The van der Waals surface area contributed by atoms with Crippen LogP contribution in [0.2, 0.25) is 5.02 Å². The lowest BCUT2D eigenvalue weighted by atomic mass is 10.0. The molecule has 140 valence electrons. The molecule has 7 nitrogen and oxygen atoms in total. The van der Waals surface area contributed by atoms with E-state index in [0.29, 0.717) is 24.7 Å². The second kappa shape index (κ2) is 7.40. The van der Waals surface area contributed by atoms with Crippen LogP contribution in [0.5, 0.6) is 0 Å². The predicted octanol–water partition coefficient (Wildman–Crippen LogP) is 1.97. The fourth-order valence-corrected chi connectivity index (χ4v) is 3.92. The lowest BCUT2D eigenvalue weighted by molar-refractivity contribution is 0.0596. The van der Waals surface area contributed by atoms with Crippen molar-refractivity contribution in [1.82, 2.24) is 14.5 Å². The van der Waals surface area contributed by atoms with Crippen LogP contribution in [0, 0.1) is 0 Å².